The highest BCUT2D eigenvalue weighted by atomic mass is 32.2. The summed E-state index contributed by atoms with van der Waals surface area (Å²) in [6.07, 6.45) is 2.39. The van der Waals surface area contributed by atoms with Crippen LogP contribution in [0.25, 0.3) is 0 Å². The zero-order chi connectivity index (χ0) is 21.4. The SMILES string of the molecule is CC[C@@H](SC)C(=O)OCC(=O)Nc1ccc(OC)c(S(=O)(=O)N2CCOCC2)c1. The number of carbonyl (C=O) groups excluding carboxylic acids is 2. The first-order chi connectivity index (χ1) is 13.8. The van der Waals surface area contributed by atoms with Crippen LogP contribution < -0.4 is 10.1 Å². The smallest absolute Gasteiger partial charge is 0.319 e. The predicted molar refractivity (Wildman–Crippen MR) is 110 cm³/mol. The summed E-state index contributed by atoms with van der Waals surface area (Å²) < 4.78 is 42.7. The first-order valence-corrected chi connectivity index (χ1v) is 11.8. The number of esters is 1. The number of anilines is 1. The minimum Gasteiger partial charge on any atom is -0.495 e. The predicted octanol–water partition coefficient (Wildman–Crippen LogP) is 1.34. The van der Waals surface area contributed by atoms with E-state index < -0.39 is 28.5 Å². The molecule has 1 heterocycles. The second kappa shape index (κ2) is 10.8. The van der Waals surface area contributed by atoms with Crippen molar-refractivity contribution in [1.82, 2.24) is 4.31 Å². The van der Waals surface area contributed by atoms with Crippen LogP contribution >= 0.6 is 11.8 Å². The maximum absolute atomic E-state index is 13.0. The van der Waals surface area contributed by atoms with E-state index in [2.05, 4.69) is 5.32 Å². The van der Waals surface area contributed by atoms with E-state index in [1.807, 2.05) is 6.92 Å². The van der Waals surface area contributed by atoms with Crippen LogP contribution in [0.3, 0.4) is 0 Å². The minimum atomic E-state index is -3.82. The number of amides is 1. The van der Waals surface area contributed by atoms with Crippen LogP contribution in [0.4, 0.5) is 5.69 Å². The second-order valence-corrected chi connectivity index (χ2v) is 9.12. The van der Waals surface area contributed by atoms with Crippen molar-refractivity contribution in [3.05, 3.63) is 18.2 Å². The number of thioether (sulfide) groups is 1. The Morgan fingerprint density at radius 3 is 2.59 bits per heavy atom. The number of methoxy groups -OCH3 is 1. The van der Waals surface area contributed by atoms with Crippen LogP contribution in [-0.4, -0.2) is 76.1 Å². The van der Waals surface area contributed by atoms with E-state index in [1.54, 1.807) is 6.26 Å². The fourth-order valence-electron chi connectivity index (χ4n) is 2.74. The number of ether oxygens (including phenoxy) is 3. The van der Waals surface area contributed by atoms with E-state index in [0.29, 0.717) is 19.6 Å². The third-order valence-electron chi connectivity index (χ3n) is 4.30. The lowest BCUT2D eigenvalue weighted by Gasteiger charge is -2.26. The van der Waals surface area contributed by atoms with Crippen LogP contribution in [0, 0.1) is 0 Å². The van der Waals surface area contributed by atoms with Gasteiger partial charge < -0.3 is 19.5 Å². The van der Waals surface area contributed by atoms with E-state index in [0.717, 1.165) is 0 Å². The van der Waals surface area contributed by atoms with Crippen molar-refractivity contribution in [3.8, 4) is 5.75 Å². The van der Waals surface area contributed by atoms with Crippen molar-refractivity contribution >= 4 is 39.3 Å². The summed E-state index contributed by atoms with van der Waals surface area (Å²) in [7, 11) is -2.44. The lowest BCUT2D eigenvalue weighted by Crippen LogP contribution is -2.40. The van der Waals surface area contributed by atoms with Crippen LogP contribution in [-0.2, 0) is 29.1 Å². The highest BCUT2D eigenvalue weighted by molar-refractivity contribution is 7.99. The van der Waals surface area contributed by atoms with Crippen molar-refractivity contribution in [2.75, 3.05) is 51.6 Å². The number of nitrogens with zero attached hydrogens (tertiary/aromatic N) is 1. The molecule has 29 heavy (non-hydrogen) atoms. The molecule has 1 aromatic rings. The second-order valence-electron chi connectivity index (χ2n) is 6.17. The van der Waals surface area contributed by atoms with Crippen molar-refractivity contribution < 1.29 is 32.2 Å². The van der Waals surface area contributed by atoms with E-state index in [1.165, 1.54) is 41.4 Å². The fourth-order valence-corrected chi connectivity index (χ4v) is 4.92. The summed E-state index contributed by atoms with van der Waals surface area (Å²) in [6, 6.07) is 4.32. The molecular weight excluding hydrogens is 420 g/mol. The number of hydrogen-bond acceptors (Lipinski definition) is 8. The molecule has 1 aromatic carbocycles. The first kappa shape index (κ1) is 23.5. The molecule has 9 nitrogen and oxygen atoms in total. The van der Waals surface area contributed by atoms with Gasteiger partial charge in [-0.1, -0.05) is 6.92 Å². The molecule has 1 atom stereocenters. The molecule has 0 spiro atoms. The summed E-state index contributed by atoms with van der Waals surface area (Å²) in [6.45, 7) is 2.53. The highest BCUT2D eigenvalue weighted by Gasteiger charge is 2.29. The molecule has 1 N–H and O–H groups in total. The number of benzene rings is 1. The van der Waals surface area contributed by atoms with Crippen LogP contribution in [0.1, 0.15) is 13.3 Å². The molecule has 0 aromatic heterocycles. The zero-order valence-corrected chi connectivity index (χ0v) is 18.3. The average Bonchev–Trinajstić information content (AvgIpc) is 2.73. The lowest BCUT2D eigenvalue weighted by molar-refractivity contribution is -0.146. The van der Waals surface area contributed by atoms with Crippen LogP contribution in [0.2, 0.25) is 0 Å². The van der Waals surface area contributed by atoms with Gasteiger partial charge in [-0.15, -0.1) is 0 Å². The van der Waals surface area contributed by atoms with E-state index in [-0.39, 0.29) is 34.7 Å². The van der Waals surface area contributed by atoms with Gasteiger partial charge in [-0.05, 0) is 30.9 Å². The Bertz CT molecular complexity index is 819. The third-order valence-corrected chi connectivity index (χ3v) is 7.31. The van der Waals surface area contributed by atoms with Gasteiger partial charge in [-0.2, -0.15) is 16.1 Å². The van der Waals surface area contributed by atoms with Crippen molar-refractivity contribution in [2.24, 2.45) is 0 Å². The lowest BCUT2D eigenvalue weighted by atomic mass is 10.3. The average molecular weight is 447 g/mol. The normalized spacial score (nSPS) is 16.1. The van der Waals surface area contributed by atoms with E-state index >= 15 is 0 Å². The standard InChI is InChI=1S/C18H26N2O7S2/c1-4-15(28-3)18(22)27-12-17(21)19-13-5-6-14(25-2)16(11-13)29(23,24)20-7-9-26-10-8-20/h5-6,11,15H,4,7-10,12H2,1-3H3,(H,19,21)/t15-/m1/s1. The summed E-state index contributed by atoms with van der Waals surface area (Å²) in [5.74, 6) is -0.846. The maximum atomic E-state index is 13.0. The molecule has 0 saturated carbocycles. The maximum Gasteiger partial charge on any atom is 0.319 e. The summed E-state index contributed by atoms with van der Waals surface area (Å²) in [5.41, 5.74) is 0.260. The zero-order valence-electron chi connectivity index (χ0n) is 16.7. The highest BCUT2D eigenvalue weighted by Crippen LogP contribution is 2.30. The van der Waals surface area contributed by atoms with Gasteiger partial charge in [0.2, 0.25) is 10.0 Å². The molecular formula is C18H26N2O7S2. The number of carbonyl (C=O) groups is 2. The van der Waals surface area contributed by atoms with Gasteiger partial charge in [0.1, 0.15) is 15.9 Å². The Balaban J connectivity index is 2.11. The van der Waals surface area contributed by atoms with Crippen LogP contribution in [0.5, 0.6) is 5.75 Å². The third kappa shape index (κ3) is 6.08. The Morgan fingerprint density at radius 2 is 2.00 bits per heavy atom. The molecule has 1 saturated heterocycles. The Morgan fingerprint density at radius 1 is 1.31 bits per heavy atom. The molecule has 1 aliphatic heterocycles. The van der Waals surface area contributed by atoms with Crippen LogP contribution in [0.15, 0.2) is 23.1 Å². The monoisotopic (exact) mass is 446 g/mol. The Kier molecular flexibility index (Phi) is 8.75. The molecule has 0 radical (unpaired) electrons. The van der Waals surface area contributed by atoms with E-state index in [9.17, 15) is 18.0 Å². The van der Waals surface area contributed by atoms with Gasteiger partial charge in [0.25, 0.3) is 5.91 Å². The molecule has 1 aliphatic rings. The molecule has 2 rings (SSSR count). The van der Waals surface area contributed by atoms with Gasteiger partial charge in [-0.3, -0.25) is 9.59 Å². The first-order valence-electron chi connectivity index (χ1n) is 9.08. The topological polar surface area (TPSA) is 111 Å². The Labute approximate surface area is 175 Å². The minimum absolute atomic E-state index is 0.0508. The van der Waals surface area contributed by atoms with E-state index in [4.69, 9.17) is 14.2 Å². The van der Waals surface area contributed by atoms with Crippen molar-refractivity contribution in [3.63, 3.8) is 0 Å². The van der Waals surface area contributed by atoms with Gasteiger partial charge in [-0.25, -0.2) is 8.42 Å². The molecule has 11 heteroatoms. The van der Waals surface area contributed by atoms with Crippen molar-refractivity contribution in [2.45, 2.75) is 23.5 Å². The molecule has 0 aliphatic carbocycles. The quantitative estimate of drug-likeness (QED) is 0.566. The van der Waals surface area contributed by atoms with Crippen molar-refractivity contribution in [1.29, 1.82) is 0 Å². The molecule has 1 amide bonds. The number of nitrogens with one attached hydrogen (secondary N) is 1. The van der Waals surface area contributed by atoms with Gasteiger partial charge in [0, 0.05) is 18.8 Å². The largest absolute Gasteiger partial charge is 0.495 e. The number of sulfonamides is 1. The van der Waals surface area contributed by atoms with Gasteiger partial charge >= 0.3 is 5.97 Å². The number of morpholine rings is 1. The number of hydrogen-bond donors (Lipinski definition) is 1. The summed E-state index contributed by atoms with van der Waals surface area (Å²) in [5, 5.41) is 2.23. The molecule has 0 bridgehead atoms. The van der Waals surface area contributed by atoms with Gasteiger partial charge in [0.05, 0.1) is 20.3 Å². The molecule has 162 valence electrons. The van der Waals surface area contributed by atoms with Gasteiger partial charge in [0.15, 0.2) is 6.61 Å². The Hall–Kier alpha value is -1.82. The fraction of sp³-hybridized carbons (Fsp3) is 0.556. The molecule has 0 unspecified atom stereocenters. The summed E-state index contributed by atoms with van der Waals surface area (Å²) >= 11 is 1.36. The number of rotatable bonds is 9. The molecule has 1 fully saturated rings. The summed E-state index contributed by atoms with van der Waals surface area (Å²) in [4.78, 5) is 24.0.